The van der Waals surface area contributed by atoms with Crippen LogP contribution < -0.4 is 0 Å². The van der Waals surface area contributed by atoms with Crippen molar-refractivity contribution in [2.45, 2.75) is 89.9 Å². The Labute approximate surface area is 190 Å². The summed E-state index contributed by atoms with van der Waals surface area (Å²) < 4.78 is 29.0. The Kier molecular flexibility index (Phi) is 7.48. The molecular weight excluding hydrogens is 406 g/mol. The van der Waals surface area contributed by atoms with Crippen LogP contribution in [0.1, 0.15) is 106 Å². The molecule has 1 N–H and O–H groups in total. The van der Waals surface area contributed by atoms with Crippen molar-refractivity contribution in [2.75, 3.05) is 0 Å². The molecule has 2 aliphatic carbocycles. The van der Waals surface area contributed by atoms with Gasteiger partial charge < -0.3 is 5.11 Å². The number of halogens is 2. The number of hydrogen-bond donors (Lipinski definition) is 1. The van der Waals surface area contributed by atoms with Crippen molar-refractivity contribution in [1.29, 1.82) is 0 Å². The summed E-state index contributed by atoms with van der Waals surface area (Å²) in [6, 6.07) is 5.72. The second-order valence-corrected chi connectivity index (χ2v) is 10.3. The fourth-order valence-electron chi connectivity index (χ4n) is 6.35. The van der Waals surface area contributed by atoms with Crippen LogP contribution in [0.5, 0.6) is 0 Å². The van der Waals surface area contributed by atoms with E-state index in [0.29, 0.717) is 11.3 Å². The van der Waals surface area contributed by atoms with Crippen molar-refractivity contribution in [3.8, 4) is 0 Å². The average Bonchev–Trinajstić information content (AvgIpc) is 2.77. The van der Waals surface area contributed by atoms with Crippen molar-refractivity contribution in [2.24, 2.45) is 17.8 Å². The lowest BCUT2D eigenvalue weighted by molar-refractivity contribution is 0.0692. The molecule has 32 heavy (non-hydrogen) atoms. The Morgan fingerprint density at radius 2 is 1.66 bits per heavy atom. The van der Waals surface area contributed by atoms with Crippen molar-refractivity contribution in [1.82, 2.24) is 0 Å². The van der Waals surface area contributed by atoms with E-state index in [2.05, 4.69) is 6.92 Å². The highest BCUT2D eigenvalue weighted by atomic mass is 19.1. The molecule has 0 aromatic heterocycles. The van der Waals surface area contributed by atoms with Gasteiger partial charge in [0.15, 0.2) is 0 Å². The summed E-state index contributed by atoms with van der Waals surface area (Å²) in [6.45, 7) is 2.26. The summed E-state index contributed by atoms with van der Waals surface area (Å²) in [5.41, 5.74) is 0.459. The summed E-state index contributed by atoms with van der Waals surface area (Å²) in [7, 11) is 0. The number of aromatic carboxylic acids is 1. The van der Waals surface area contributed by atoms with Crippen molar-refractivity contribution < 1.29 is 18.7 Å². The fraction of sp³-hybridized carbons (Fsp3) is 0.607. The smallest absolute Gasteiger partial charge is 0.338 e. The third-order valence-corrected chi connectivity index (χ3v) is 8.15. The van der Waals surface area contributed by atoms with E-state index in [4.69, 9.17) is 5.11 Å². The Bertz CT molecular complexity index is 954. The molecule has 2 nitrogen and oxygen atoms in total. The summed E-state index contributed by atoms with van der Waals surface area (Å²) in [5, 5.41) is 9.76. The number of benzene rings is 2. The SMILES string of the molecule is CCCCCCCC1CCC2CC(c3cc(F)c4cc(C(=O)O)c(F)cc4c3)CCC2C1. The highest BCUT2D eigenvalue weighted by Gasteiger charge is 2.36. The third kappa shape index (κ3) is 5.15. The molecule has 0 aliphatic heterocycles. The van der Waals surface area contributed by atoms with Crippen LogP contribution >= 0.6 is 0 Å². The van der Waals surface area contributed by atoms with Gasteiger partial charge >= 0.3 is 5.97 Å². The van der Waals surface area contributed by atoms with E-state index in [1.165, 1.54) is 70.3 Å². The van der Waals surface area contributed by atoms with Gasteiger partial charge in [0.2, 0.25) is 0 Å². The molecule has 0 amide bonds. The molecule has 4 unspecified atom stereocenters. The minimum absolute atomic E-state index is 0.181. The molecule has 2 fully saturated rings. The quantitative estimate of drug-likeness (QED) is 0.416. The molecule has 4 atom stereocenters. The van der Waals surface area contributed by atoms with E-state index in [-0.39, 0.29) is 5.39 Å². The number of fused-ring (bicyclic) bond motifs is 2. The maximum atomic E-state index is 14.8. The molecule has 2 aromatic carbocycles. The zero-order valence-electron chi connectivity index (χ0n) is 19.2. The van der Waals surface area contributed by atoms with E-state index in [1.807, 2.05) is 6.07 Å². The van der Waals surface area contributed by atoms with Crippen LogP contribution in [0, 0.1) is 29.4 Å². The van der Waals surface area contributed by atoms with Gasteiger partial charge in [0, 0.05) is 5.39 Å². The van der Waals surface area contributed by atoms with Crippen molar-refractivity contribution in [3.63, 3.8) is 0 Å². The second kappa shape index (κ2) is 10.3. The predicted octanol–water partition coefficient (Wildman–Crippen LogP) is 8.48. The first-order chi connectivity index (χ1) is 15.5. The van der Waals surface area contributed by atoms with Gasteiger partial charge in [0.05, 0.1) is 5.56 Å². The van der Waals surface area contributed by atoms with Crippen molar-refractivity contribution in [3.05, 3.63) is 47.0 Å². The lowest BCUT2D eigenvalue weighted by Crippen LogP contribution is -2.30. The molecule has 0 heterocycles. The van der Waals surface area contributed by atoms with E-state index < -0.39 is 23.2 Å². The normalized spacial score (nSPS) is 25.6. The molecular formula is C28H36F2O2. The minimum atomic E-state index is -1.37. The Morgan fingerprint density at radius 3 is 2.44 bits per heavy atom. The lowest BCUT2D eigenvalue weighted by Gasteiger charge is -2.42. The summed E-state index contributed by atoms with van der Waals surface area (Å²) in [4.78, 5) is 11.2. The van der Waals surface area contributed by atoms with E-state index in [0.717, 1.165) is 42.2 Å². The van der Waals surface area contributed by atoms with Crippen molar-refractivity contribution >= 4 is 16.7 Å². The predicted molar refractivity (Wildman–Crippen MR) is 125 cm³/mol. The number of rotatable bonds is 8. The summed E-state index contributed by atoms with van der Waals surface area (Å²) in [6.07, 6.45) is 15.5. The number of carboxylic acid groups (broad SMARTS) is 1. The minimum Gasteiger partial charge on any atom is -0.478 e. The first-order valence-corrected chi connectivity index (χ1v) is 12.6. The third-order valence-electron chi connectivity index (χ3n) is 8.15. The van der Waals surface area contributed by atoms with Gasteiger partial charge in [-0.2, -0.15) is 0 Å². The van der Waals surface area contributed by atoms with Gasteiger partial charge in [-0.15, -0.1) is 0 Å². The molecule has 0 bridgehead atoms. The average molecular weight is 443 g/mol. The molecule has 174 valence electrons. The number of carbonyl (C=O) groups is 1. The van der Waals surface area contributed by atoms with Gasteiger partial charge in [0.25, 0.3) is 0 Å². The number of carboxylic acids is 1. The standard InChI is InChI=1S/C28H36F2O2/c1-2-3-4-5-6-7-18-8-9-20-13-21(11-10-19(20)12-18)22-14-23-16-27(30)25(28(31)32)17-24(23)26(29)15-22/h14-21H,2-13H2,1H3,(H,31,32). The zero-order chi connectivity index (χ0) is 22.7. The monoisotopic (exact) mass is 442 g/mol. The van der Waals surface area contributed by atoms with Crippen LogP contribution in [0.25, 0.3) is 10.8 Å². The van der Waals surface area contributed by atoms with Crippen LogP contribution in [-0.4, -0.2) is 11.1 Å². The second-order valence-electron chi connectivity index (χ2n) is 10.3. The molecule has 0 saturated heterocycles. The topological polar surface area (TPSA) is 37.3 Å². The molecule has 0 radical (unpaired) electrons. The maximum absolute atomic E-state index is 14.8. The molecule has 2 saturated carbocycles. The molecule has 2 aromatic rings. The van der Waals surface area contributed by atoms with E-state index in [9.17, 15) is 13.6 Å². The number of unbranched alkanes of at least 4 members (excludes halogenated alkanes) is 4. The van der Waals surface area contributed by atoms with Crippen LogP contribution in [0.2, 0.25) is 0 Å². The summed E-state index contributed by atoms with van der Waals surface area (Å²) >= 11 is 0. The lowest BCUT2D eigenvalue weighted by atomic mass is 9.63. The zero-order valence-corrected chi connectivity index (χ0v) is 19.2. The van der Waals surface area contributed by atoms with Crippen LogP contribution in [0.15, 0.2) is 24.3 Å². The van der Waals surface area contributed by atoms with Gasteiger partial charge in [-0.3, -0.25) is 0 Å². The molecule has 2 aliphatic rings. The molecule has 0 spiro atoms. The van der Waals surface area contributed by atoms with Crippen LogP contribution in [0.3, 0.4) is 0 Å². The summed E-state index contributed by atoms with van der Waals surface area (Å²) in [5.74, 6) is 0.0910. The van der Waals surface area contributed by atoms with Crippen LogP contribution in [0.4, 0.5) is 8.78 Å². The maximum Gasteiger partial charge on any atom is 0.338 e. The molecule has 4 rings (SSSR count). The van der Waals surface area contributed by atoms with E-state index >= 15 is 0 Å². The fourth-order valence-corrected chi connectivity index (χ4v) is 6.35. The van der Waals surface area contributed by atoms with Crippen LogP contribution in [-0.2, 0) is 0 Å². The highest BCUT2D eigenvalue weighted by molar-refractivity contribution is 5.95. The Morgan fingerprint density at radius 1 is 0.906 bits per heavy atom. The molecule has 4 heteroatoms. The van der Waals surface area contributed by atoms with E-state index in [1.54, 1.807) is 6.07 Å². The number of hydrogen-bond acceptors (Lipinski definition) is 1. The largest absolute Gasteiger partial charge is 0.478 e. The first-order valence-electron chi connectivity index (χ1n) is 12.6. The Balaban J connectivity index is 1.40. The highest BCUT2D eigenvalue weighted by Crippen LogP contribution is 2.48. The van der Waals surface area contributed by atoms with Gasteiger partial charge in [-0.1, -0.05) is 57.9 Å². The van der Waals surface area contributed by atoms with Gasteiger partial charge in [-0.05, 0) is 84.9 Å². The Hall–Kier alpha value is -1.97. The first kappa shape index (κ1) is 23.2. The van der Waals surface area contributed by atoms with Gasteiger partial charge in [-0.25, -0.2) is 13.6 Å². The van der Waals surface area contributed by atoms with Gasteiger partial charge in [0.1, 0.15) is 11.6 Å².